The molecule has 7 heteroatoms. The highest BCUT2D eigenvalue weighted by molar-refractivity contribution is 6.42. The van der Waals surface area contributed by atoms with Crippen molar-refractivity contribution in [1.29, 1.82) is 0 Å². The number of nitrogens with zero attached hydrogens (tertiary/aromatic N) is 2. The van der Waals surface area contributed by atoms with Crippen LogP contribution in [0, 0.1) is 16.0 Å². The first-order valence-corrected chi connectivity index (χ1v) is 6.79. The van der Waals surface area contributed by atoms with Crippen molar-refractivity contribution in [3.8, 4) is 0 Å². The number of hydrogen-bond acceptors (Lipinski definition) is 4. The molecule has 1 aromatic carbocycles. The van der Waals surface area contributed by atoms with Gasteiger partial charge in [0.1, 0.15) is 5.69 Å². The minimum Gasteiger partial charge on any atom is -0.379 e. The zero-order valence-electron chi connectivity index (χ0n) is 10.5. The Kier molecular flexibility index (Phi) is 4.50. The predicted octanol–water partition coefficient (Wildman–Crippen LogP) is 3.27. The maximum Gasteiger partial charge on any atom is 0.293 e. The zero-order valence-corrected chi connectivity index (χ0v) is 12.0. The Morgan fingerprint density at radius 2 is 2.16 bits per heavy atom. The first-order valence-electron chi connectivity index (χ1n) is 6.03. The molecule has 19 heavy (non-hydrogen) atoms. The van der Waals surface area contributed by atoms with E-state index in [1.807, 2.05) is 0 Å². The minimum atomic E-state index is -0.453. The normalized spacial score (nSPS) is 19.6. The molecule has 0 aromatic heterocycles. The molecule has 5 nitrogen and oxygen atoms in total. The van der Waals surface area contributed by atoms with Gasteiger partial charge in [-0.3, -0.25) is 10.1 Å². The third-order valence-electron chi connectivity index (χ3n) is 3.31. The number of halogens is 2. The molecule has 0 bridgehead atoms. The smallest absolute Gasteiger partial charge is 0.293 e. The fraction of sp³-hybridized carbons (Fsp3) is 0.500. The Hall–Kier alpha value is -1.04. The Labute approximate surface area is 121 Å². The monoisotopic (exact) mass is 303 g/mol. The van der Waals surface area contributed by atoms with Crippen LogP contribution >= 0.6 is 23.2 Å². The SMILES string of the molecule is CN1CCC(CNc2cc(Cl)c(Cl)cc2[N+](=O)[O-])C1. The van der Waals surface area contributed by atoms with E-state index >= 15 is 0 Å². The van der Waals surface area contributed by atoms with Crippen molar-refractivity contribution < 1.29 is 4.92 Å². The summed E-state index contributed by atoms with van der Waals surface area (Å²) in [6.45, 7) is 2.76. The lowest BCUT2D eigenvalue weighted by atomic mass is 10.1. The van der Waals surface area contributed by atoms with Gasteiger partial charge in [0.05, 0.1) is 15.0 Å². The molecule has 0 saturated carbocycles. The molecule has 1 atom stereocenters. The molecule has 0 spiro atoms. The van der Waals surface area contributed by atoms with Crippen LogP contribution in [-0.4, -0.2) is 36.5 Å². The Morgan fingerprint density at radius 3 is 2.74 bits per heavy atom. The maximum atomic E-state index is 11.0. The lowest BCUT2D eigenvalue weighted by Crippen LogP contribution is -2.19. The van der Waals surface area contributed by atoms with E-state index in [0.717, 1.165) is 19.5 Å². The molecule has 1 aromatic rings. The molecule has 1 heterocycles. The van der Waals surface area contributed by atoms with E-state index < -0.39 is 4.92 Å². The van der Waals surface area contributed by atoms with Crippen LogP contribution in [0.4, 0.5) is 11.4 Å². The summed E-state index contributed by atoms with van der Waals surface area (Å²) in [5.74, 6) is 0.499. The summed E-state index contributed by atoms with van der Waals surface area (Å²) in [6.07, 6.45) is 1.10. The van der Waals surface area contributed by atoms with E-state index in [9.17, 15) is 10.1 Å². The molecule has 2 rings (SSSR count). The van der Waals surface area contributed by atoms with Crippen LogP contribution in [0.2, 0.25) is 10.0 Å². The number of nitrogens with one attached hydrogen (secondary N) is 1. The number of likely N-dealkylation sites (tertiary alicyclic amines) is 1. The summed E-state index contributed by atoms with van der Waals surface area (Å²) >= 11 is 11.7. The van der Waals surface area contributed by atoms with Crippen LogP contribution in [0.1, 0.15) is 6.42 Å². The van der Waals surface area contributed by atoms with E-state index in [1.54, 1.807) is 0 Å². The number of anilines is 1. The van der Waals surface area contributed by atoms with Crippen molar-refractivity contribution >= 4 is 34.6 Å². The third kappa shape index (κ3) is 3.49. The van der Waals surface area contributed by atoms with Crippen molar-refractivity contribution in [1.82, 2.24) is 4.90 Å². The number of benzene rings is 1. The summed E-state index contributed by atoms with van der Waals surface area (Å²) in [5.41, 5.74) is 0.384. The largest absolute Gasteiger partial charge is 0.379 e. The van der Waals surface area contributed by atoms with E-state index in [1.165, 1.54) is 12.1 Å². The zero-order chi connectivity index (χ0) is 14.0. The fourth-order valence-corrected chi connectivity index (χ4v) is 2.60. The molecule has 1 saturated heterocycles. The van der Waals surface area contributed by atoms with Gasteiger partial charge in [-0.05, 0) is 32.0 Å². The van der Waals surface area contributed by atoms with Gasteiger partial charge in [0.2, 0.25) is 0 Å². The Balaban J connectivity index is 2.10. The second-order valence-corrected chi connectivity index (χ2v) is 5.65. The Bertz CT molecular complexity index is 496. The molecular formula is C12H15Cl2N3O2. The van der Waals surface area contributed by atoms with Crippen molar-refractivity contribution in [2.75, 3.05) is 32.0 Å². The van der Waals surface area contributed by atoms with Gasteiger partial charge < -0.3 is 10.2 Å². The van der Waals surface area contributed by atoms with E-state index in [4.69, 9.17) is 23.2 Å². The minimum absolute atomic E-state index is 0.0410. The number of rotatable bonds is 4. The van der Waals surface area contributed by atoms with Crippen LogP contribution in [-0.2, 0) is 0 Å². The molecule has 1 unspecified atom stereocenters. The second kappa shape index (κ2) is 5.94. The first-order chi connectivity index (χ1) is 8.97. The van der Waals surface area contributed by atoms with Crippen LogP contribution in [0.15, 0.2) is 12.1 Å². The summed E-state index contributed by atoms with van der Waals surface area (Å²) in [5, 5.41) is 14.6. The van der Waals surface area contributed by atoms with Crippen molar-refractivity contribution in [2.45, 2.75) is 6.42 Å². The molecule has 104 valence electrons. The molecule has 0 radical (unpaired) electrons. The van der Waals surface area contributed by atoms with E-state index in [0.29, 0.717) is 23.2 Å². The number of hydrogen-bond donors (Lipinski definition) is 1. The molecule has 1 N–H and O–H groups in total. The summed E-state index contributed by atoms with van der Waals surface area (Å²) < 4.78 is 0. The number of nitro benzene ring substituents is 1. The van der Waals surface area contributed by atoms with E-state index in [2.05, 4.69) is 17.3 Å². The van der Waals surface area contributed by atoms with Crippen molar-refractivity contribution in [3.63, 3.8) is 0 Å². The van der Waals surface area contributed by atoms with Gasteiger partial charge in [0.25, 0.3) is 5.69 Å². The molecule has 0 amide bonds. The molecule has 1 fully saturated rings. The highest BCUT2D eigenvalue weighted by atomic mass is 35.5. The van der Waals surface area contributed by atoms with Crippen molar-refractivity contribution in [2.24, 2.45) is 5.92 Å². The average molecular weight is 304 g/mol. The van der Waals surface area contributed by atoms with Crippen LogP contribution in [0.3, 0.4) is 0 Å². The first kappa shape index (κ1) is 14.4. The van der Waals surface area contributed by atoms with Gasteiger partial charge in [-0.1, -0.05) is 23.2 Å². The summed E-state index contributed by atoms with van der Waals surface area (Å²) in [4.78, 5) is 12.8. The van der Waals surface area contributed by atoms with Crippen LogP contribution in [0.25, 0.3) is 0 Å². The van der Waals surface area contributed by atoms with Gasteiger partial charge in [-0.15, -0.1) is 0 Å². The predicted molar refractivity (Wildman–Crippen MR) is 77.2 cm³/mol. The molecule has 1 aliphatic rings. The highest BCUT2D eigenvalue weighted by Crippen LogP contribution is 2.34. The van der Waals surface area contributed by atoms with Gasteiger partial charge in [0.15, 0.2) is 0 Å². The van der Waals surface area contributed by atoms with Gasteiger partial charge in [-0.2, -0.15) is 0 Å². The average Bonchev–Trinajstić information content (AvgIpc) is 2.76. The second-order valence-electron chi connectivity index (χ2n) is 4.84. The molecule has 0 aliphatic carbocycles. The maximum absolute atomic E-state index is 11.0. The fourth-order valence-electron chi connectivity index (χ4n) is 2.28. The quantitative estimate of drug-likeness (QED) is 0.685. The van der Waals surface area contributed by atoms with Crippen molar-refractivity contribution in [3.05, 3.63) is 32.3 Å². The Morgan fingerprint density at radius 1 is 1.47 bits per heavy atom. The van der Waals surface area contributed by atoms with E-state index in [-0.39, 0.29) is 10.7 Å². The van der Waals surface area contributed by atoms with Gasteiger partial charge >= 0.3 is 0 Å². The molecule has 1 aliphatic heterocycles. The standard InChI is InChI=1S/C12H15Cl2N3O2/c1-16-3-2-8(7-16)6-15-11-4-9(13)10(14)5-12(11)17(18)19/h4-5,8,15H,2-3,6-7H2,1H3. The summed E-state index contributed by atoms with van der Waals surface area (Å²) in [7, 11) is 2.07. The third-order valence-corrected chi connectivity index (χ3v) is 4.03. The topological polar surface area (TPSA) is 58.4 Å². The summed E-state index contributed by atoms with van der Waals surface area (Å²) in [6, 6.07) is 2.80. The molecular weight excluding hydrogens is 289 g/mol. The lowest BCUT2D eigenvalue weighted by Gasteiger charge is -2.13. The van der Waals surface area contributed by atoms with Crippen LogP contribution in [0.5, 0.6) is 0 Å². The number of nitro groups is 1. The van der Waals surface area contributed by atoms with Crippen LogP contribution < -0.4 is 5.32 Å². The highest BCUT2D eigenvalue weighted by Gasteiger charge is 2.21. The van der Waals surface area contributed by atoms with Gasteiger partial charge in [0, 0.05) is 19.2 Å². The lowest BCUT2D eigenvalue weighted by molar-refractivity contribution is -0.383. The van der Waals surface area contributed by atoms with Gasteiger partial charge in [-0.25, -0.2) is 0 Å².